The van der Waals surface area contributed by atoms with Crippen LogP contribution in [0.15, 0.2) is 472 Å². The summed E-state index contributed by atoms with van der Waals surface area (Å²) in [6, 6.07) is 128. The molecule has 25 rings (SSSR count). The zero-order chi connectivity index (χ0) is 93.1. The molecule has 19 nitrogen and oxygen atoms in total. The molecule has 0 aliphatic heterocycles. The van der Waals surface area contributed by atoms with Gasteiger partial charge in [-0.1, -0.05) is 249 Å². The van der Waals surface area contributed by atoms with E-state index < -0.39 is 0 Å². The van der Waals surface area contributed by atoms with E-state index in [1.54, 1.807) is 61.6 Å². The smallest absolute Gasteiger partial charge is 0.200 e. The van der Waals surface area contributed by atoms with Crippen molar-refractivity contribution in [2.24, 2.45) is 0 Å². The van der Waals surface area contributed by atoms with Gasteiger partial charge in [-0.25, -0.2) is 44.9 Å². The summed E-state index contributed by atoms with van der Waals surface area (Å²) in [7, 11) is 0. The number of hydrogen-bond donors (Lipinski definition) is 0. The van der Waals surface area contributed by atoms with Crippen molar-refractivity contribution in [1.29, 1.82) is 0 Å². The standard InChI is InChI=1S/C43H26N4O2.C39H24N4O2.C38H23N5O2/c48-40-36-15-6-7-16-38(36)49-39-20-19-29(25-37(39)40)28-11-8-12-31(23-28)34-13-4-5-14-35(34)43-46-41(27-9-2-1-3-10-27)45-42(47-43)32-17-18-33-26-44-22-21-30(33)24-32;44-36-32-13-4-5-14-34(32)45-35-20-19-30(23-33(35)36)29-11-6-10-28(22-29)25-15-17-27(18-16-25)38-41-37(26-8-2-1-3-9-26)42-39(43-38)31-12-7-21-40-24-31;44-35-31-13-1-2-14-33(31)45-34-16-15-27(21-32(34)35)25-8-3-7-24(19-25)26-9-4-10-28(20-26)36-41-37(29-11-5-17-39-22-29)43-38(42-36)30-12-6-18-40-23-30/h1-26H;1-24H;1-23H. The molecule has 0 aliphatic carbocycles. The first kappa shape index (κ1) is 83.9. The van der Waals surface area contributed by atoms with Crippen molar-refractivity contribution in [1.82, 2.24) is 64.8 Å². The third kappa shape index (κ3) is 17.3. The highest BCUT2D eigenvalue weighted by molar-refractivity contribution is 5.97. The van der Waals surface area contributed by atoms with E-state index in [-0.39, 0.29) is 16.3 Å². The first-order valence-corrected chi connectivity index (χ1v) is 45.0. The second kappa shape index (κ2) is 37.0. The topological polar surface area (TPSA) is 258 Å². The highest BCUT2D eigenvalue weighted by atomic mass is 16.3. The van der Waals surface area contributed by atoms with Gasteiger partial charge in [-0.3, -0.25) is 34.3 Å². The Morgan fingerprint density at radius 3 is 0.842 bits per heavy atom. The lowest BCUT2D eigenvalue weighted by atomic mass is 9.95. The molecule has 0 bridgehead atoms. The number of nitrogens with zero attached hydrogens (tertiary/aromatic N) is 13. The fourth-order valence-electron chi connectivity index (χ4n) is 17.3. The van der Waals surface area contributed by atoms with E-state index in [0.717, 1.165) is 128 Å². The highest BCUT2D eigenvalue weighted by Crippen LogP contribution is 2.40. The summed E-state index contributed by atoms with van der Waals surface area (Å²) in [4.78, 5) is 101. The molecule has 0 aliphatic rings. The SMILES string of the molecule is O=c1c2ccccc2oc2ccc(-c3cccc(-c4ccc(-c5nc(-c6ccccc6)nc(-c6cccnc6)n5)cc4)c3)cc12.O=c1c2ccccc2oc2ccc(-c3cccc(-c4cccc(-c5nc(-c6cccnc6)nc(-c6cccnc6)n5)c4)c3)cc12.O=c1c2ccccc2oc2ccc(-c3cccc(-c4ccccc4-c4nc(-c5ccccc5)nc(-c5ccc6cnccc6c5)n4)c3)cc12. The highest BCUT2D eigenvalue weighted by Gasteiger charge is 2.22. The quantitative estimate of drug-likeness (QED) is 0.0864. The van der Waals surface area contributed by atoms with Crippen molar-refractivity contribution < 1.29 is 13.3 Å². The number of rotatable bonds is 15. The van der Waals surface area contributed by atoms with Crippen LogP contribution in [0.25, 0.3) is 246 Å². The number of pyridine rings is 4. The second-order valence-corrected chi connectivity index (χ2v) is 33.2. The first-order chi connectivity index (χ1) is 68.6. The summed E-state index contributed by atoms with van der Waals surface area (Å²) in [5.41, 5.74) is 23.0. The van der Waals surface area contributed by atoms with Gasteiger partial charge >= 0.3 is 0 Å². The number of benzene rings is 15. The third-order valence-electron chi connectivity index (χ3n) is 24.4. The van der Waals surface area contributed by atoms with Crippen molar-refractivity contribution in [2.75, 3.05) is 0 Å². The minimum Gasteiger partial charge on any atom is -0.456 e. The molecular weight excluding hydrogens is 1720 g/mol. The van der Waals surface area contributed by atoms with Crippen molar-refractivity contribution >= 4 is 76.6 Å². The van der Waals surface area contributed by atoms with Crippen LogP contribution in [0.1, 0.15) is 0 Å². The van der Waals surface area contributed by atoms with E-state index in [4.69, 9.17) is 58.1 Å². The average Bonchev–Trinajstić information content (AvgIpc) is 0.769. The molecule has 15 aromatic carbocycles. The van der Waals surface area contributed by atoms with Gasteiger partial charge in [0.05, 0.1) is 32.3 Å². The summed E-state index contributed by atoms with van der Waals surface area (Å²) in [5.74, 6) is 5.15. The monoisotopic (exact) mass is 1790 g/mol. The zero-order valence-electron chi connectivity index (χ0n) is 73.9. The van der Waals surface area contributed by atoms with Crippen molar-refractivity contribution in [3.8, 4) is 169 Å². The van der Waals surface area contributed by atoms with Gasteiger partial charge in [0.25, 0.3) is 0 Å². The van der Waals surface area contributed by atoms with Gasteiger partial charge in [0.2, 0.25) is 16.3 Å². The molecule has 0 radical (unpaired) electrons. The van der Waals surface area contributed by atoms with Crippen LogP contribution in [0.4, 0.5) is 0 Å². The third-order valence-corrected chi connectivity index (χ3v) is 24.4. The summed E-state index contributed by atoms with van der Waals surface area (Å²) in [6.45, 7) is 0. The van der Waals surface area contributed by atoms with Crippen LogP contribution in [-0.2, 0) is 0 Å². The Hall–Kier alpha value is -19.4. The largest absolute Gasteiger partial charge is 0.456 e. The van der Waals surface area contributed by atoms with Crippen LogP contribution in [0.3, 0.4) is 0 Å². The van der Waals surface area contributed by atoms with Gasteiger partial charge in [-0.05, 0) is 218 Å². The number of fused-ring (bicyclic) bond motifs is 7. The fourth-order valence-corrected chi connectivity index (χ4v) is 17.3. The Kier molecular flexibility index (Phi) is 22.3. The Bertz CT molecular complexity index is 9130. The molecule has 0 saturated heterocycles. The fraction of sp³-hybridized carbons (Fsp3) is 0. The van der Waals surface area contributed by atoms with Gasteiger partial charge in [0, 0.05) is 105 Å². The van der Waals surface area contributed by atoms with E-state index in [1.165, 1.54) is 0 Å². The predicted octanol–water partition coefficient (Wildman–Crippen LogP) is 27.1. The molecule has 19 heteroatoms. The van der Waals surface area contributed by atoms with Crippen molar-refractivity contribution in [3.63, 3.8) is 0 Å². The Morgan fingerprint density at radius 2 is 0.424 bits per heavy atom. The van der Waals surface area contributed by atoms with Crippen LogP contribution in [0.5, 0.6) is 0 Å². The molecule has 0 spiro atoms. The van der Waals surface area contributed by atoms with E-state index in [0.29, 0.717) is 118 Å². The number of aromatic nitrogens is 13. The summed E-state index contributed by atoms with van der Waals surface area (Å²) < 4.78 is 18.1. The molecule has 0 saturated carbocycles. The normalized spacial score (nSPS) is 11.3. The van der Waals surface area contributed by atoms with Gasteiger partial charge in [-0.15, -0.1) is 0 Å². The van der Waals surface area contributed by atoms with Crippen LogP contribution in [0, 0.1) is 0 Å². The Balaban J connectivity index is 0.000000117. The summed E-state index contributed by atoms with van der Waals surface area (Å²) in [6.07, 6.45) is 14.1. The minimum absolute atomic E-state index is 0.0270. The summed E-state index contributed by atoms with van der Waals surface area (Å²) in [5, 5.41) is 5.52. The van der Waals surface area contributed by atoms with Gasteiger partial charge < -0.3 is 13.3 Å². The molecule has 0 unspecified atom stereocenters. The maximum atomic E-state index is 13.4. The molecule has 10 heterocycles. The van der Waals surface area contributed by atoms with Crippen molar-refractivity contribution in [3.05, 3.63) is 475 Å². The van der Waals surface area contributed by atoms with Gasteiger partial charge in [-0.2, -0.15) is 0 Å². The molecular formula is C120H73N13O6. The first-order valence-electron chi connectivity index (χ1n) is 45.0. The zero-order valence-corrected chi connectivity index (χ0v) is 73.9. The Morgan fingerprint density at radius 1 is 0.151 bits per heavy atom. The van der Waals surface area contributed by atoms with Crippen LogP contribution in [0.2, 0.25) is 0 Å². The molecule has 25 aromatic rings. The molecule has 0 amide bonds. The molecule has 0 N–H and O–H groups in total. The minimum atomic E-state index is -0.0388. The average molecular weight is 1790 g/mol. The lowest BCUT2D eigenvalue weighted by molar-refractivity contribution is 0.659. The number of hydrogen-bond acceptors (Lipinski definition) is 19. The van der Waals surface area contributed by atoms with Crippen LogP contribution in [-0.4, -0.2) is 64.8 Å². The van der Waals surface area contributed by atoms with Crippen LogP contribution >= 0.6 is 0 Å². The predicted molar refractivity (Wildman–Crippen MR) is 550 cm³/mol. The van der Waals surface area contributed by atoms with E-state index in [9.17, 15) is 14.4 Å². The van der Waals surface area contributed by atoms with E-state index in [2.05, 4.69) is 105 Å². The van der Waals surface area contributed by atoms with E-state index in [1.807, 2.05) is 297 Å². The lowest BCUT2D eigenvalue weighted by Gasteiger charge is -2.13. The molecule has 139 heavy (non-hydrogen) atoms. The molecule has 0 atom stereocenters. The van der Waals surface area contributed by atoms with Crippen molar-refractivity contribution in [2.45, 2.75) is 0 Å². The van der Waals surface area contributed by atoms with Crippen LogP contribution < -0.4 is 16.3 Å². The molecule has 10 aromatic heterocycles. The second-order valence-electron chi connectivity index (χ2n) is 33.2. The maximum Gasteiger partial charge on any atom is 0.200 e. The summed E-state index contributed by atoms with van der Waals surface area (Å²) >= 11 is 0. The maximum absolute atomic E-state index is 13.4. The molecule has 0 fully saturated rings. The van der Waals surface area contributed by atoms with Gasteiger partial charge in [0.1, 0.15) is 33.5 Å². The lowest BCUT2D eigenvalue weighted by Crippen LogP contribution is -2.02. The molecule has 654 valence electrons. The van der Waals surface area contributed by atoms with E-state index >= 15 is 0 Å². The Labute approximate surface area is 793 Å². The van der Waals surface area contributed by atoms with Gasteiger partial charge in [0.15, 0.2) is 52.4 Å². The number of para-hydroxylation sites is 3.